The zero-order chi connectivity index (χ0) is 12.0. The van der Waals surface area contributed by atoms with Crippen molar-refractivity contribution in [2.24, 2.45) is 0 Å². The van der Waals surface area contributed by atoms with E-state index in [2.05, 4.69) is 28.7 Å². The molecule has 5 nitrogen and oxygen atoms in total. The molecule has 1 aromatic heterocycles. The van der Waals surface area contributed by atoms with E-state index in [0.29, 0.717) is 5.95 Å². The fourth-order valence-corrected chi connectivity index (χ4v) is 1.45. The summed E-state index contributed by atoms with van der Waals surface area (Å²) in [6.07, 6.45) is 4.74. The summed E-state index contributed by atoms with van der Waals surface area (Å²) < 4.78 is 0. The summed E-state index contributed by atoms with van der Waals surface area (Å²) in [4.78, 5) is 20.8. The van der Waals surface area contributed by atoms with Crippen LogP contribution in [0, 0.1) is 0 Å². The smallest absolute Gasteiger partial charge is 0.338 e. The van der Waals surface area contributed by atoms with Crippen molar-refractivity contribution < 1.29 is 9.90 Å². The van der Waals surface area contributed by atoms with Gasteiger partial charge in [0, 0.05) is 25.5 Å². The Labute approximate surface area is 95.1 Å². The van der Waals surface area contributed by atoms with Crippen LogP contribution in [0.5, 0.6) is 0 Å². The summed E-state index contributed by atoms with van der Waals surface area (Å²) in [7, 11) is 0. The van der Waals surface area contributed by atoms with Crippen LogP contribution in [0.25, 0.3) is 0 Å². The van der Waals surface area contributed by atoms with E-state index < -0.39 is 5.97 Å². The predicted octanol–water partition coefficient (Wildman–Crippen LogP) is 1.80. The number of aromatic carboxylic acids is 1. The number of rotatable bonds is 6. The molecule has 0 bridgehead atoms. The summed E-state index contributed by atoms with van der Waals surface area (Å²) in [6, 6.07) is 0. The van der Waals surface area contributed by atoms with Crippen molar-refractivity contribution in [3.63, 3.8) is 0 Å². The van der Waals surface area contributed by atoms with E-state index >= 15 is 0 Å². The molecule has 0 radical (unpaired) electrons. The van der Waals surface area contributed by atoms with Gasteiger partial charge in [0.1, 0.15) is 0 Å². The second kappa shape index (κ2) is 6.05. The van der Waals surface area contributed by atoms with E-state index in [9.17, 15) is 4.79 Å². The SMILES string of the molecule is CCCN(CCC)c1ncc(C(=O)O)cn1. The van der Waals surface area contributed by atoms with Crippen LogP contribution < -0.4 is 4.90 Å². The van der Waals surface area contributed by atoms with Gasteiger partial charge in [-0.15, -0.1) is 0 Å². The fourth-order valence-electron chi connectivity index (χ4n) is 1.45. The molecule has 1 N–H and O–H groups in total. The van der Waals surface area contributed by atoms with Crippen molar-refractivity contribution in [2.45, 2.75) is 26.7 Å². The maximum absolute atomic E-state index is 10.6. The van der Waals surface area contributed by atoms with Crippen LogP contribution in [0.15, 0.2) is 12.4 Å². The average molecular weight is 223 g/mol. The lowest BCUT2D eigenvalue weighted by molar-refractivity contribution is 0.0696. The molecule has 0 aliphatic carbocycles. The molecule has 0 spiro atoms. The van der Waals surface area contributed by atoms with Gasteiger partial charge in [0.25, 0.3) is 0 Å². The Morgan fingerprint density at radius 2 is 1.75 bits per heavy atom. The third-order valence-electron chi connectivity index (χ3n) is 2.16. The second-order valence-corrected chi connectivity index (χ2v) is 3.56. The third kappa shape index (κ3) is 3.18. The van der Waals surface area contributed by atoms with Crippen molar-refractivity contribution >= 4 is 11.9 Å². The molecule has 88 valence electrons. The Hall–Kier alpha value is -1.65. The van der Waals surface area contributed by atoms with Crippen molar-refractivity contribution in [2.75, 3.05) is 18.0 Å². The lowest BCUT2D eigenvalue weighted by Crippen LogP contribution is -2.26. The molecule has 0 fully saturated rings. The highest BCUT2D eigenvalue weighted by atomic mass is 16.4. The highest BCUT2D eigenvalue weighted by Gasteiger charge is 2.09. The van der Waals surface area contributed by atoms with Crippen molar-refractivity contribution in [3.05, 3.63) is 18.0 Å². The molecule has 1 rings (SSSR count). The Morgan fingerprint density at radius 3 is 2.12 bits per heavy atom. The molecule has 0 atom stereocenters. The first kappa shape index (κ1) is 12.4. The van der Waals surface area contributed by atoms with Crippen molar-refractivity contribution in [1.29, 1.82) is 0 Å². The van der Waals surface area contributed by atoms with Gasteiger partial charge in [-0.2, -0.15) is 0 Å². The van der Waals surface area contributed by atoms with E-state index in [0.717, 1.165) is 25.9 Å². The summed E-state index contributed by atoms with van der Waals surface area (Å²) >= 11 is 0. The van der Waals surface area contributed by atoms with Gasteiger partial charge < -0.3 is 10.0 Å². The standard InChI is InChI=1S/C11H17N3O2/c1-3-5-14(6-4-2)11-12-7-9(8-13-11)10(15)16/h7-8H,3-6H2,1-2H3,(H,15,16). The van der Waals surface area contributed by atoms with Crippen LogP contribution >= 0.6 is 0 Å². The Morgan fingerprint density at radius 1 is 1.25 bits per heavy atom. The molecule has 1 heterocycles. The van der Waals surface area contributed by atoms with Gasteiger partial charge in [-0.3, -0.25) is 0 Å². The number of hydrogen-bond acceptors (Lipinski definition) is 4. The fraction of sp³-hybridized carbons (Fsp3) is 0.545. The molecule has 0 aromatic carbocycles. The molecule has 16 heavy (non-hydrogen) atoms. The number of aromatic nitrogens is 2. The molecular formula is C11H17N3O2. The summed E-state index contributed by atoms with van der Waals surface area (Å²) in [5.41, 5.74) is 0.122. The molecule has 5 heteroatoms. The van der Waals surface area contributed by atoms with Crippen LogP contribution in [-0.2, 0) is 0 Å². The maximum atomic E-state index is 10.6. The summed E-state index contributed by atoms with van der Waals surface area (Å²) in [5.74, 6) is -0.391. The molecule has 0 amide bonds. The van der Waals surface area contributed by atoms with Gasteiger partial charge in [-0.1, -0.05) is 13.8 Å². The van der Waals surface area contributed by atoms with E-state index in [-0.39, 0.29) is 5.56 Å². The topological polar surface area (TPSA) is 66.3 Å². The van der Waals surface area contributed by atoms with Gasteiger partial charge in [-0.25, -0.2) is 14.8 Å². The van der Waals surface area contributed by atoms with E-state index in [1.54, 1.807) is 0 Å². The maximum Gasteiger partial charge on any atom is 0.338 e. The lowest BCUT2D eigenvalue weighted by atomic mass is 10.3. The first-order chi connectivity index (χ1) is 7.69. The minimum Gasteiger partial charge on any atom is -0.478 e. The van der Waals surface area contributed by atoms with Gasteiger partial charge in [-0.05, 0) is 12.8 Å². The Bertz CT molecular complexity index is 332. The van der Waals surface area contributed by atoms with E-state index in [1.807, 2.05) is 0 Å². The normalized spacial score (nSPS) is 10.1. The minimum absolute atomic E-state index is 0.122. The highest BCUT2D eigenvalue weighted by Crippen LogP contribution is 2.08. The molecule has 0 aliphatic heterocycles. The molecule has 0 unspecified atom stereocenters. The minimum atomic E-state index is -0.996. The monoisotopic (exact) mass is 223 g/mol. The highest BCUT2D eigenvalue weighted by molar-refractivity contribution is 5.86. The van der Waals surface area contributed by atoms with Crippen LogP contribution in [0.3, 0.4) is 0 Å². The summed E-state index contributed by atoms with van der Waals surface area (Å²) in [6.45, 7) is 5.96. The molecule has 0 saturated carbocycles. The van der Waals surface area contributed by atoms with E-state index in [1.165, 1.54) is 12.4 Å². The first-order valence-electron chi connectivity index (χ1n) is 5.49. The molecule has 0 aliphatic rings. The van der Waals surface area contributed by atoms with Crippen molar-refractivity contribution in [1.82, 2.24) is 9.97 Å². The van der Waals surface area contributed by atoms with Crippen molar-refractivity contribution in [3.8, 4) is 0 Å². The van der Waals surface area contributed by atoms with Crippen LogP contribution in [0.2, 0.25) is 0 Å². The number of carboxylic acid groups (broad SMARTS) is 1. The number of nitrogens with zero attached hydrogens (tertiary/aromatic N) is 3. The zero-order valence-corrected chi connectivity index (χ0v) is 9.68. The second-order valence-electron chi connectivity index (χ2n) is 3.56. The number of anilines is 1. The van der Waals surface area contributed by atoms with E-state index in [4.69, 9.17) is 5.11 Å². The average Bonchev–Trinajstić information content (AvgIpc) is 2.29. The molecular weight excluding hydrogens is 206 g/mol. The van der Waals surface area contributed by atoms with Crippen LogP contribution in [0.4, 0.5) is 5.95 Å². The van der Waals surface area contributed by atoms with Gasteiger partial charge in [0.15, 0.2) is 0 Å². The largest absolute Gasteiger partial charge is 0.478 e. The quantitative estimate of drug-likeness (QED) is 0.796. The number of carbonyl (C=O) groups is 1. The number of carboxylic acids is 1. The van der Waals surface area contributed by atoms with Crippen LogP contribution in [-0.4, -0.2) is 34.1 Å². The van der Waals surface area contributed by atoms with Gasteiger partial charge >= 0.3 is 5.97 Å². The third-order valence-corrected chi connectivity index (χ3v) is 2.16. The first-order valence-corrected chi connectivity index (χ1v) is 5.49. The molecule has 1 aromatic rings. The Balaban J connectivity index is 2.80. The predicted molar refractivity (Wildman–Crippen MR) is 61.8 cm³/mol. The Kier molecular flexibility index (Phi) is 4.69. The van der Waals surface area contributed by atoms with Gasteiger partial charge in [0.2, 0.25) is 5.95 Å². The number of hydrogen-bond donors (Lipinski definition) is 1. The van der Waals surface area contributed by atoms with Gasteiger partial charge in [0.05, 0.1) is 5.56 Å². The zero-order valence-electron chi connectivity index (χ0n) is 9.68. The summed E-state index contributed by atoms with van der Waals surface area (Å²) in [5, 5.41) is 8.73. The lowest BCUT2D eigenvalue weighted by Gasteiger charge is -2.20. The van der Waals surface area contributed by atoms with Crippen LogP contribution in [0.1, 0.15) is 37.0 Å². The molecule has 0 saturated heterocycles.